The number of nitrogens with zero attached hydrogens (tertiary/aromatic N) is 1. The summed E-state index contributed by atoms with van der Waals surface area (Å²) in [6.45, 7) is 0.123. The molecule has 4 aromatic rings. The molecule has 0 saturated heterocycles. The van der Waals surface area contributed by atoms with Crippen molar-refractivity contribution in [2.24, 2.45) is 0 Å². The molecule has 194 valence electrons. The average Bonchev–Trinajstić information content (AvgIpc) is 3.47. The fourth-order valence-electron chi connectivity index (χ4n) is 4.60. The Kier molecular flexibility index (Phi) is 6.73. The number of carbonyl (C=O) groups is 2. The minimum absolute atomic E-state index is 0.0200. The fourth-order valence-corrected chi connectivity index (χ4v) is 4.79. The van der Waals surface area contributed by atoms with E-state index in [9.17, 15) is 14.7 Å². The van der Waals surface area contributed by atoms with Gasteiger partial charge in [-0.15, -0.1) is 0 Å². The second-order valence-corrected chi connectivity index (χ2v) is 9.12. The lowest BCUT2D eigenvalue weighted by Gasteiger charge is -2.27. The number of carbonyl (C=O) groups excluding carboxylic acids is 2. The number of hydrogen-bond donors (Lipinski definition) is 1. The van der Waals surface area contributed by atoms with Gasteiger partial charge < -0.3 is 28.6 Å². The zero-order valence-corrected chi connectivity index (χ0v) is 21.6. The lowest BCUT2D eigenvalue weighted by atomic mass is 9.94. The van der Waals surface area contributed by atoms with Crippen molar-refractivity contribution >= 4 is 34.3 Å². The van der Waals surface area contributed by atoms with Gasteiger partial charge in [-0.1, -0.05) is 29.8 Å². The van der Waals surface area contributed by atoms with Crippen LogP contribution in [-0.4, -0.2) is 43.0 Å². The van der Waals surface area contributed by atoms with Crippen molar-refractivity contribution < 1.29 is 33.3 Å². The van der Waals surface area contributed by atoms with Gasteiger partial charge in [0, 0.05) is 17.0 Å². The molecular weight excluding hydrogens is 510 g/mol. The monoisotopic (exact) mass is 533 g/mol. The van der Waals surface area contributed by atoms with E-state index in [1.54, 1.807) is 61.7 Å². The van der Waals surface area contributed by atoms with Gasteiger partial charge in [0.1, 0.15) is 11.3 Å². The zero-order valence-electron chi connectivity index (χ0n) is 20.9. The Balaban J connectivity index is 1.61. The van der Waals surface area contributed by atoms with Gasteiger partial charge in [0.25, 0.3) is 5.91 Å². The number of methoxy groups -OCH3 is 3. The van der Waals surface area contributed by atoms with Crippen molar-refractivity contribution in [1.29, 1.82) is 0 Å². The van der Waals surface area contributed by atoms with Gasteiger partial charge in [-0.2, -0.15) is 0 Å². The summed E-state index contributed by atoms with van der Waals surface area (Å²) in [6.07, 6.45) is 0. The van der Waals surface area contributed by atoms with Gasteiger partial charge in [0.2, 0.25) is 5.78 Å². The summed E-state index contributed by atoms with van der Waals surface area (Å²) in [4.78, 5) is 28.6. The van der Waals surface area contributed by atoms with Crippen LogP contribution in [0.1, 0.15) is 27.7 Å². The van der Waals surface area contributed by atoms with Crippen molar-refractivity contribution in [2.45, 2.75) is 12.6 Å². The highest BCUT2D eigenvalue weighted by Crippen LogP contribution is 2.43. The van der Waals surface area contributed by atoms with Crippen LogP contribution in [-0.2, 0) is 11.3 Å². The van der Waals surface area contributed by atoms with Crippen molar-refractivity contribution in [3.05, 3.63) is 100.0 Å². The van der Waals surface area contributed by atoms with Crippen LogP contribution in [0.3, 0.4) is 0 Å². The van der Waals surface area contributed by atoms with E-state index in [4.69, 9.17) is 30.2 Å². The van der Waals surface area contributed by atoms with Gasteiger partial charge in [-0.25, -0.2) is 0 Å². The maximum absolute atomic E-state index is 13.8. The van der Waals surface area contributed by atoms with E-state index in [0.29, 0.717) is 38.8 Å². The highest BCUT2D eigenvalue weighted by atomic mass is 35.5. The van der Waals surface area contributed by atoms with Crippen LogP contribution in [0.4, 0.5) is 0 Å². The highest BCUT2D eigenvalue weighted by Gasteiger charge is 2.44. The Morgan fingerprint density at radius 3 is 2.37 bits per heavy atom. The molecule has 0 spiro atoms. The van der Waals surface area contributed by atoms with E-state index in [-0.39, 0.29) is 17.9 Å². The maximum Gasteiger partial charge on any atom is 0.290 e. The smallest absolute Gasteiger partial charge is 0.290 e. The SMILES string of the molecule is COc1ccc(CN2C(=O)C(O)=C(C(=O)c3cc4cc(Cl)ccc4o3)C2c2ccc(OC)c(OC)c2)cc1. The fraction of sp³-hybridized carbons (Fsp3) is 0.172. The molecule has 3 aromatic carbocycles. The van der Waals surface area contributed by atoms with Crippen molar-refractivity contribution in [2.75, 3.05) is 21.3 Å². The minimum atomic E-state index is -0.922. The van der Waals surface area contributed by atoms with Crippen LogP contribution < -0.4 is 14.2 Å². The van der Waals surface area contributed by atoms with Gasteiger partial charge >= 0.3 is 0 Å². The Hall–Kier alpha value is -4.43. The Bertz CT molecular complexity index is 1570. The molecule has 1 amide bonds. The number of rotatable bonds is 8. The number of ketones is 1. The summed E-state index contributed by atoms with van der Waals surface area (Å²) in [5, 5.41) is 12.1. The number of furan rings is 1. The molecule has 8 nitrogen and oxygen atoms in total. The molecule has 0 fully saturated rings. The third-order valence-corrected chi connectivity index (χ3v) is 6.72. The Morgan fingerprint density at radius 2 is 1.68 bits per heavy atom. The van der Waals surface area contributed by atoms with E-state index in [1.807, 2.05) is 12.1 Å². The first-order chi connectivity index (χ1) is 18.3. The number of hydrogen-bond acceptors (Lipinski definition) is 7. The van der Waals surface area contributed by atoms with Gasteiger partial charge in [0.15, 0.2) is 23.0 Å². The summed E-state index contributed by atoms with van der Waals surface area (Å²) in [6, 6.07) is 17.9. The maximum atomic E-state index is 13.8. The molecule has 0 bridgehead atoms. The number of amides is 1. The molecule has 0 radical (unpaired) electrons. The number of aliphatic hydroxyl groups excluding tert-OH is 1. The number of halogens is 1. The number of aliphatic hydroxyl groups is 1. The number of ether oxygens (including phenoxy) is 3. The Labute approximate surface area is 223 Å². The van der Waals surface area contributed by atoms with E-state index in [1.165, 1.54) is 19.1 Å². The number of Topliss-reactive ketones (excluding diaryl/α,β-unsaturated/α-hetero) is 1. The lowest BCUT2D eigenvalue weighted by Crippen LogP contribution is -2.30. The minimum Gasteiger partial charge on any atom is -0.503 e. The second-order valence-electron chi connectivity index (χ2n) is 8.68. The Morgan fingerprint density at radius 1 is 0.947 bits per heavy atom. The molecule has 38 heavy (non-hydrogen) atoms. The molecule has 0 saturated carbocycles. The van der Waals surface area contributed by atoms with Crippen LogP contribution in [0.2, 0.25) is 5.02 Å². The highest BCUT2D eigenvalue weighted by molar-refractivity contribution is 6.31. The molecule has 1 aliphatic heterocycles. The van der Waals surface area contributed by atoms with E-state index in [0.717, 1.165) is 5.56 Å². The number of fused-ring (bicyclic) bond motifs is 1. The van der Waals surface area contributed by atoms with E-state index < -0.39 is 23.5 Å². The summed E-state index contributed by atoms with van der Waals surface area (Å²) < 4.78 is 21.8. The first kappa shape index (κ1) is 25.2. The van der Waals surface area contributed by atoms with Gasteiger partial charge in [0.05, 0.1) is 32.9 Å². The summed E-state index contributed by atoms with van der Waals surface area (Å²) >= 11 is 6.09. The van der Waals surface area contributed by atoms with Crippen molar-refractivity contribution in [3.8, 4) is 17.2 Å². The molecule has 9 heteroatoms. The largest absolute Gasteiger partial charge is 0.503 e. The van der Waals surface area contributed by atoms with Gasteiger partial charge in [-0.3, -0.25) is 9.59 Å². The molecule has 1 aromatic heterocycles. The van der Waals surface area contributed by atoms with Crippen LogP contribution >= 0.6 is 11.6 Å². The predicted octanol–water partition coefficient (Wildman–Crippen LogP) is 5.89. The molecule has 1 N–H and O–H groups in total. The summed E-state index contributed by atoms with van der Waals surface area (Å²) in [5.74, 6) is -0.380. The first-order valence-corrected chi connectivity index (χ1v) is 12.0. The second kappa shape index (κ2) is 10.1. The summed E-state index contributed by atoms with van der Waals surface area (Å²) in [7, 11) is 4.58. The molecular formula is C29H24ClNO7. The molecule has 1 atom stereocenters. The van der Waals surface area contributed by atoms with Crippen LogP contribution in [0, 0.1) is 0 Å². The first-order valence-electron chi connectivity index (χ1n) is 11.7. The van der Waals surface area contributed by atoms with E-state index >= 15 is 0 Å². The standard InChI is InChI=1S/C29H24ClNO7/c1-35-20-8-4-16(5-9-20)15-31-26(17-6-10-22(36-2)23(13-17)37-3)25(28(33)29(31)34)27(32)24-14-18-12-19(30)7-11-21(18)38-24/h4-14,26,33H,15H2,1-3H3. The molecule has 2 heterocycles. The van der Waals surface area contributed by atoms with Gasteiger partial charge in [-0.05, 0) is 59.7 Å². The zero-order chi connectivity index (χ0) is 27.0. The van der Waals surface area contributed by atoms with E-state index in [2.05, 4.69) is 0 Å². The molecule has 0 aliphatic carbocycles. The van der Waals surface area contributed by atoms with Crippen LogP contribution in [0.15, 0.2) is 82.5 Å². The lowest BCUT2D eigenvalue weighted by molar-refractivity contribution is -0.130. The third-order valence-electron chi connectivity index (χ3n) is 6.49. The normalized spacial score (nSPS) is 15.3. The molecule has 5 rings (SSSR count). The quantitative estimate of drug-likeness (QED) is 0.282. The van der Waals surface area contributed by atoms with Crippen molar-refractivity contribution in [1.82, 2.24) is 4.90 Å². The van der Waals surface area contributed by atoms with Crippen LogP contribution in [0.5, 0.6) is 17.2 Å². The predicted molar refractivity (Wildman–Crippen MR) is 141 cm³/mol. The van der Waals surface area contributed by atoms with Crippen LogP contribution in [0.25, 0.3) is 11.0 Å². The molecule has 1 unspecified atom stereocenters. The number of benzene rings is 3. The topological polar surface area (TPSA) is 98.4 Å². The summed E-state index contributed by atoms with van der Waals surface area (Å²) in [5.41, 5.74) is 1.70. The molecule has 1 aliphatic rings. The average molecular weight is 534 g/mol. The van der Waals surface area contributed by atoms with Crippen molar-refractivity contribution in [3.63, 3.8) is 0 Å². The third kappa shape index (κ3) is 4.43.